The van der Waals surface area contributed by atoms with Crippen LogP contribution in [0.5, 0.6) is 0 Å². The third-order valence-electron chi connectivity index (χ3n) is 5.98. The van der Waals surface area contributed by atoms with Gasteiger partial charge in [0.2, 0.25) is 0 Å². The van der Waals surface area contributed by atoms with Crippen molar-refractivity contribution >= 4 is 14.4 Å². The highest BCUT2D eigenvalue weighted by Gasteiger charge is 2.37. The van der Waals surface area contributed by atoms with Crippen LogP contribution in [0.3, 0.4) is 0 Å². The fourth-order valence-electron chi connectivity index (χ4n) is 3.07. The Morgan fingerprint density at radius 3 is 2.48 bits per heavy atom. The molecule has 7 heteroatoms. The van der Waals surface area contributed by atoms with Crippen molar-refractivity contribution in [2.75, 3.05) is 13.2 Å². The zero-order valence-electron chi connectivity index (χ0n) is 20.1. The number of alkyl carbamates (subject to hydrolysis) is 1. The van der Waals surface area contributed by atoms with Crippen LogP contribution in [-0.4, -0.2) is 39.5 Å². The number of rotatable bonds is 9. The minimum atomic E-state index is -1.81. The second kappa shape index (κ2) is 10.3. The van der Waals surface area contributed by atoms with Gasteiger partial charge in [0.25, 0.3) is 0 Å². The van der Waals surface area contributed by atoms with Crippen LogP contribution in [0.25, 0.3) is 0 Å². The molecule has 2 rings (SSSR count). The van der Waals surface area contributed by atoms with Gasteiger partial charge in [-0.1, -0.05) is 57.7 Å². The van der Waals surface area contributed by atoms with Gasteiger partial charge in [-0.15, -0.1) is 0 Å². The zero-order chi connectivity index (χ0) is 23.3. The highest BCUT2D eigenvalue weighted by Crippen LogP contribution is 2.37. The molecule has 2 atom stereocenters. The largest absolute Gasteiger partial charge is 0.445 e. The van der Waals surface area contributed by atoms with Crippen LogP contribution >= 0.6 is 0 Å². The number of carbonyl (C=O) groups is 1. The number of ether oxygens (including phenoxy) is 3. The van der Waals surface area contributed by atoms with Crippen molar-refractivity contribution in [1.82, 2.24) is 5.32 Å². The first-order chi connectivity index (χ1) is 14.3. The zero-order valence-corrected chi connectivity index (χ0v) is 21.1. The second-order valence-corrected chi connectivity index (χ2v) is 14.9. The first-order valence-electron chi connectivity index (χ1n) is 10.9. The summed E-state index contributed by atoms with van der Waals surface area (Å²) in [7, 11) is -1.81. The molecule has 1 amide bonds. The van der Waals surface area contributed by atoms with Crippen molar-refractivity contribution in [3.8, 4) is 0 Å². The molecule has 0 radical (unpaired) electrons. The Morgan fingerprint density at radius 1 is 1.32 bits per heavy atom. The maximum absolute atomic E-state index is 12.2. The van der Waals surface area contributed by atoms with Crippen LogP contribution in [0.15, 0.2) is 36.9 Å². The summed E-state index contributed by atoms with van der Waals surface area (Å²) >= 11 is 0. The Balaban J connectivity index is 2.08. The molecule has 0 bridgehead atoms. The van der Waals surface area contributed by atoms with Crippen LogP contribution in [0.4, 0.5) is 4.79 Å². The maximum Gasteiger partial charge on any atom is 0.407 e. The van der Waals surface area contributed by atoms with Gasteiger partial charge in [0.1, 0.15) is 6.61 Å². The molecule has 174 valence electrons. The highest BCUT2D eigenvalue weighted by atomic mass is 28.4. The van der Waals surface area contributed by atoms with Gasteiger partial charge in [-0.05, 0) is 43.1 Å². The molecule has 1 heterocycles. The van der Waals surface area contributed by atoms with Crippen molar-refractivity contribution in [1.29, 1.82) is 0 Å². The summed E-state index contributed by atoms with van der Waals surface area (Å²) in [6.45, 7) is 19.8. The lowest BCUT2D eigenvalue weighted by Gasteiger charge is -2.36. The molecule has 0 spiro atoms. The summed E-state index contributed by atoms with van der Waals surface area (Å²) in [5.74, 6) is -0.608. The summed E-state index contributed by atoms with van der Waals surface area (Å²) in [5.41, 5.74) is 2.10. The molecular formula is C24H39NO5Si. The molecule has 0 unspecified atom stereocenters. The molecule has 1 fully saturated rings. The third-order valence-corrected chi connectivity index (χ3v) is 10.5. The van der Waals surface area contributed by atoms with Crippen molar-refractivity contribution in [2.45, 2.75) is 83.7 Å². The normalized spacial score (nSPS) is 19.6. The fraction of sp³-hybridized carbons (Fsp3) is 0.625. The summed E-state index contributed by atoms with van der Waals surface area (Å²) < 4.78 is 23.1. The molecule has 1 aromatic rings. The molecule has 0 aromatic heterocycles. The smallest absolute Gasteiger partial charge is 0.407 e. The molecule has 1 saturated heterocycles. The van der Waals surface area contributed by atoms with Gasteiger partial charge < -0.3 is 24.0 Å². The topological polar surface area (TPSA) is 66.0 Å². The molecule has 0 saturated carbocycles. The SMILES string of the molecule is C=CCOC(=O)N[C@H](C[C@@H]1COC(C)(C)O1)c1ccc(CO[Si](C)(C)C(C)(C)C)cc1. The lowest BCUT2D eigenvalue weighted by Crippen LogP contribution is -2.40. The Bertz CT molecular complexity index is 739. The van der Waals surface area contributed by atoms with Gasteiger partial charge >= 0.3 is 6.09 Å². The highest BCUT2D eigenvalue weighted by molar-refractivity contribution is 6.74. The minimum Gasteiger partial charge on any atom is -0.445 e. The van der Waals surface area contributed by atoms with E-state index < -0.39 is 20.2 Å². The van der Waals surface area contributed by atoms with E-state index in [9.17, 15) is 4.79 Å². The van der Waals surface area contributed by atoms with Gasteiger partial charge in [0.15, 0.2) is 14.1 Å². The number of nitrogens with one attached hydrogen (secondary N) is 1. The Morgan fingerprint density at radius 2 is 1.97 bits per heavy atom. The van der Waals surface area contributed by atoms with Crippen LogP contribution in [-0.2, 0) is 25.2 Å². The molecule has 1 N–H and O–H groups in total. The van der Waals surface area contributed by atoms with Crippen molar-refractivity contribution in [2.24, 2.45) is 0 Å². The van der Waals surface area contributed by atoms with E-state index in [1.807, 2.05) is 26.0 Å². The predicted octanol–water partition coefficient (Wildman–Crippen LogP) is 5.70. The average Bonchev–Trinajstić information content (AvgIpc) is 3.02. The summed E-state index contributed by atoms with van der Waals surface area (Å²) in [6.07, 6.45) is 1.55. The first kappa shape index (κ1) is 25.6. The molecule has 6 nitrogen and oxygen atoms in total. The number of hydrogen-bond donors (Lipinski definition) is 1. The van der Waals surface area contributed by atoms with E-state index in [1.54, 1.807) is 6.08 Å². The Kier molecular flexibility index (Phi) is 8.50. The monoisotopic (exact) mass is 449 g/mol. The van der Waals surface area contributed by atoms with Gasteiger partial charge in [-0.3, -0.25) is 0 Å². The van der Waals surface area contributed by atoms with Gasteiger partial charge in [-0.25, -0.2) is 4.79 Å². The van der Waals surface area contributed by atoms with Crippen LogP contribution in [0.1, 0.15) is 58.2 Å². The lowest BCUT2D eigenvalue weighted by atomic mass is 9.99. The standard InChI is InChI=1S/C24H39NO5Si/c1-9-14-27-22(26)25-21(15-20-17-28-24(5,6)30-20)19-12-10-18(11-13-19)16-29-31(7,8)23(2,3)4/h9-13,20-21H,1,14-17H2,2-8H3,(H,25,26)/t20-,21-/m1/s1. The maximum atomic E-state index is 12.2. The van der Waals surface area contributed by atoms with Gasteiger partial charge in [0.05, 0.1) is 25.4 Å². The van der Waals surface area contributed by atoms with E-state index in [0.717, 1.165) is 11.1 Å². The third kappa shape index (κ3) is 7.75. The van der Waals surface area contributed by atoms with E-state index in [1.165, 1.54) is 0 Å². The molecule has 31 heavy (non-hydrogen) atoms. The quantitative estimate of drug-likeness (QED) is 0.387. The molecule has 1 aliphatic heterocycles. The molecule has 0 aliphatic carbocycles. The van der Waals surface area contributed by atoms with Crippen LogP contribution < -0.4 is 5.32 Å². The van der Waals surface area contributed by atoms with Crippen LogP contribution in [0.2, 0.25) is 18.1 Å². The summed E-state index contributed by atoms with van der Waals surface area (Å²) in [6, 6.07) is 7.92. The minimum absolute atomic E-state index is 0.110. The van der Waals surface area contributed by atoms with Crippen molar-refractivity contribution in [3.05, 3.63) is 48.0 Å². The second-order valence-electron chi connectivity index (χ2n) is 10.1. The van der Waals surface area contributed by atoms with Crippen molar-refractivity contribution in [3.63, 3.8) is 0 Å². The Hall–Kier alpha value is -1.67. The average molecular weight is 450 g/mol. The summed E-state index contributed by atoms with van der Waals surface area (Å²) in [5, 5.41) is 3.12. The molecule has 1 aliphatic rings. The number of hydrogen-bond acceptors (Lipinski definition) is 5. The van der Waals surface area contributed by atoms with E-state index in [4.69, 9.17) is 18.6 Å². The molecular weight excluding hydrogens is 410 g/mol. The Labute approximate surface area is 188 Å². The van der Waals surface area contributed by atoms with E-state index in [0.29, 0.717) is 19.6 Å². The van der Waals surface area contributed by atoms with E-state index >= 15 is 0 Å². The van der Waals surface area contributed by atoms with E-state index in [-0.39, 0.29) is 23.8 Å². The van der Waals surface area contributed by atoms with Gasteiger partial charge in [0, 0.05) is 6.42 Å². The van der Waals surface area contributed by atoms with Crippen LogP contribution in [0, 0.1) is 0 Å². The number of carbonyl (C=O) groups excluding carboxylic acids is 1. The fourth-order valence-corrected chi connectivity index (χ4v) is 4.03. The lowest BCUT2D eigenvalue weighted by molar-refractivity contribution is -0.139. The predicted molar refractivity (Wildman–Crippen MR) is 125 cm³/mol. The summed E-state index contributed by atoms with van der Waals surface area (Å²) in [4.78, 5) is 12.2. The number of amides is 1. The van der Waals surface area contributed by atoms with Gasteiger partial charge in [-0.2, -0.15) is 0 Å². The number of benzene rings is 1. The molecule has 1 aromatic carbocycles. The first-order valence-corrected chi connectivity index (χ1v) is 13.8. The van der Waals surface area contributed by atoms with E-state index in [2.05, 4.69) is 57.9 Å². The van der Waals surface area contributed by atoms with Crippen molar-refractivity contribution < 1.29 is 23.4 Å².